The number of hydrogen-bond acceptors (Lipinski definition) is 8. The molecule has 4 aromatic rings. The lowest BCUT2D eigenvalue weighted by Crippen LogP contribution is -2.41. The smallest absolute Gasteiger partial charge is 0.332 e. The second kappa shape index (κ2) is 10.7. The number of hydrogen-bond donors (Lipinski definition) is 0. The first-order valence-electron chi connectivity index (χ1n) is 13.1. The molecule has 0 unspecified atom stereocenters. The van der Waals surface area contributed by atoms with Crippen LogP contribution in [0.3, 0.4) is 0 Å². The van der Waals surface area contributed by atoms with Gasteiger partial charge in [-0.15, -0.1) is 5.92 Å². The zero-order valence-corrected chi connectivity index (χ0v) is 22.6. The Morgan fingerprint density at radius 3 is 2.72 bits per heavy atom. The summed E-state index contributed by atoms with van der Waals surface area (Å²) in [6.07, 6.45) is 1.49. The van der Waals surface area contributed by atoms with Crippen LogP contribution < -0.4 is 16.1 Å². The highest BCUT2D eigenvalue weighted by Gasteiger charge is 2.31. The normalized spacial score (nSPS) is 15.4. The van der Waals surface area contributed by atoms with Crippen molar-refractivity contribution in [3.63, 3.8) is 0 Å². The summed E-state index contributed by atoms with van der Waals surface area (Å²) in [5.74, 6) is 6.25. The molecule has 202 valence electrons. The molecular weight excluding hydrogens is 498 g/mol. The van der Waals surface area contributed by atoms with Crippen molar-refractivity contribution >= 4 is 34.0 Å². The quantitative estimate of drug-likeness (QED) is 0.275. The number of piperidine rings is 1. The number of imidazole rings is 1. The van der Waals surface area contributed by atoms with Gasteiger partial charge < -0.3 is 9.64 Å². The Morgan fingerprint density at radius 1 is 1.15 bits per heavy atom. The number of aryl methyl sites for hydroxylation is 2. The standard InChI is InChI=1S/C28H31N7O4/c1-5-7-15-34-23-24(31-27(34)33-14-10-11-19(16-33)26(37)39-6-2)32(4)28(38)35(25(23)36)17-22-29-18(3)20-12-8-9-13-21(20)30-22/h8-9,12-13,19H,6,10-11,14-17H2,1-4H3/t19-/m1/s1. The third-order valence-electron chi connectivity index (χ3n) is 7.09. The summed E-state index contributed by atoms with van der Waals surface area (Å²) in [5, 5.41) is 0.917. The number of ether oxygens (including phenoxy) is 1. The molecule has 0 radical (unpaired) electrons. The minimum absolute atomic E-state index is 0.0816. The van der Waals surface area contributed by atoms with Crippen molar-refractivity contribution in [3.05, 3.63) is 56.6 Å². The number of para-hydroxylation sites is 1. The van der Waals surface area contributed by atoms with Crippen LogP contribution in [-0.2, 0) is 29.7 Å². The average molecular weight is 530 g/mol. The summed E-state index contributed by atoms with van der Waals surface area (Å²) in [6.45, 7) is 6.91. The third kappa shape index (κ3) is 4.78. The predicted octanol–water partition coefficient (Wildman–Crippen LogP) is 2.00. The minimum atomic E-state index is -0.511. The van der Waals surface area contributed by atoms with Gasteiger partial charge in [0.1, 0.15) is 5.82 Å². The molecule has 0 saturated carbocycles. The van der Waals surface area contributed by atoms with Crippen molar-refractivity contribution < 1.29 is 9.53 Å². The monoisotopic (exact) mass is 529 g/mol. The SMILES string of the molecule is CC#CCn1c(N2CCC[C@@H](C(=O)OCC)C2)nc2c1c(=O)n(Cc1nc(C)c3ccccc3n1)c(=O)n2C. The molecule has 3 aromatic heterocycles. The Balaban J connectivity index is 1.63. The first-order chi connectivity index (χ1) is 18.8. The van der Waals surface area contributed by atoms with Gasteiger partial charge in [0.25, 0.3) is 5.56 Å². The minimum Gasteiger partial charge on any atom is -0.466 e. The molecule has 11 heteroatoms. The Kier molecular flexibility index (Phi) is 7.19. The summed E-state index contributed by atoms with van der Waals surface area (Å²) in [5.41, 5.74) is 1.06. The van der Waals surface area contributed by atoms with Crippen molar-refractivity contribution in [1.29, 1.82) is 0 Å². The van der Waals surface area contributed by atoms with Crippen LogP contribution in [0.4, 0.5) is 5.95 Å². The molecule has 0 aliphatic carbocycles. The van der Waals surface area contributed by atoms with E-state index in [1.165, 1.54) is 4.57 Å². The summed E-state index contributed by atoms with van der Waals surface area (Å²) in [7, 11) is 1.59. The summed E-state index contributed by atoms with van der Waals surface area (Å²) in [6, 6.07) is 7.62. The van der Waals surface area contributed by atoms with E-state index in [9.17, 15) is 14.4 Å². The fourth-order valence-corrected chi connectivity index (χ4v) is 5.17. The van der Waals surface area contributed by atoms with Crippen LogP contribution in [0.15, 0.2) is 33.9 Å². The van der Waals surface area contributed by atoms with Crippen molar-refractivity contribution in [3.8, 4) is 11.8 Å². The van der Waals surface area contributed by atoms with E-state index in [0.29, 0.717) is 31.5 Å². The van der Waals surface area contributed by atoms with E-state index in [1.807, 2.05) is 36.1 Å². The number of nitrogens with zero attached hydrogens (tertiary/aromatic N) is 7. The first-order valence-corrected chi connectivity index (χ1v) is 13.1. The van der Waals surface area contributed by atoms with Gasteiger partial charge in [0.05, 0.1) is 31.1 Å². The number of carbonyl (C=O) groups excluding carboxylic acids is 1. The van der Waals surface area contributed by atoms with E-state index in [0.717, 1.165) is 34.0 Å². The zero-order valence-electron chi connectivity index (χ0n) is 22.6. The van der Waals surface area contributed by atoms with Gasteiger partial charge in [0.2, 0.25) is 5.95 Å². The number of fused-ring (bicyclic) bond motifs is 2. The largest absolute Gasteiger partial charge is 0.466 e. The summed E-state index contributed by atoms with van der Waals surface area (Å²) >= 11 is 0. The Bertz CT molecular complexity index is 1760. The maximum Gasteiger partial charge on any atom is 0.332 e. The van der Waals surface area contributed by atoms with Crippen LogP contribution >= 0.6 is 0 Å². The molecule has 0 spiro atoms. The topological polar surface area (TPSA) is 117 Å². The van der Waals surface area contributed by atoms with Gasteiger partial charge in [-0.2, -0.15) is 4.98 Å². The Labute approximate surface area is 225 Å². The highest BCUT2D eigenvalue weighted by atomic mass is 16.5. The van der Waals surface area contributed by atoms with Crippen molar-refractivity contribution in [2.45, 2.75) is 46.7 Å². The van der Waals surface area contributed by atoms with Gasteiger partial charge >= 0.3 is 11.7 Å². The van der Waals surface area contributed by atoms with Gasteiger partial charge in [-0.25, -0.2) is 14.8 Å². The van der Waals surface area contributed by atoms with E-state index in [-0.39, 0.29) is 36.1 Å². The fraction of sp³-hybridized carbons (Fsp3) is 0.429. The summed E-state index contributed by atoms with van der Waals surface area (Å²) in [4.78, 5) is 55.6. The van der Waals surface area contributed by atoms with Crippen molar-refractivity contribution in [1.82, 2.24) is 28.7 Å². The lowest BCUT2D eigenvalue weighted by molar-refractivity contribution is -0.148. The number of aromatic nitrogens is 6. The summed E-state index contributed by atoms with van der Waals surface area (Å²) < 4.78 is 9.51. The highest BCUT2D eigenvalue weighted by Crippen LogP contribution is 2.26. The number of esters is 1. The van der Waals surface area contributed by atoms with E-state index in [1.54, 1.807) is 25.5 Å². The van der Waals surface area contributed by atoms with E-state index in [4.69, 9.17) is 9.72 Å². The lowest BCUT2D eigenvalue weighted by Gasteiger charge is -2.32. The number of anilines is 1. The first kappa shape index (κ1) is 26.2. The number of carbonyl (C=O) groups is 1. The fourth-order valence-electron chi connectivity index (χ4n) is 5.17. The molecule has 1 saturated heterocycles. The third-order valence-corrected chi connectivity index (χ3v) is 7.09. The second-order valence-corrected chi connectivity index (χ2v) is 9.61. The lowest BCUT2D eigenvalue weighted by atomic mass is 9.98. The molecule has 1 aliphatic heterocycles. The maximum absolute atomic E-state index is 13.9. The molecule has 4 heterocycles. The van der Waals surface area contributed by atoms with Gasteiger partial charge in [0.15, 0.2) is 11.2 Å². The maximum atomic E-state index is 13.9. The van der Waals surface area contributed by atoms with Crippen molar-refractivity contribution in [2.24, 2.45) is 13.0 Å². The van der Waals surface area contributed by atoms with Crippen LogP contribution in [-0.4, -0.2) is 54.3 Å². The Hall–Kier alpha value is -4.46. The van der Waals surface area contributed by atoms with Crippen LogP contribution in [0, 0.1) is 24.7 Å². The van der Waals surface area contributed by atoms with Crippen LogP contribution in [0.25, 0.3) is 22.1 Å². The molecule has 1 aromatic carbocycles. The Morgan fingerprint density at radius 2 is 1.95 bits per heavy atom. The van der Waals surface area contributed by atoms with Crippen LogP contribution in [0.5, 0.6) is 0 Å². The van der Waals surface area contributed by atoms with E-state index < -0.39 is 11.2 Å². The molecule has 39 heavy (non-hydrogen) atoms. The van der Waals surface area contributed by atoms with E-state index in [2.05, 4.69) is 21.8 Å². The number of rotatable bonds is 6. The zero-order chi connectivity index (χ0) is 27.7. The predicted molar refractivity (Wildman–Crippen MR) is 148 cm³/mol. The van der Waals surface area contributed by atoms with Crippen LogP contribution in [0.2, 0.25) is 0 Å². The van der Waals surface area contributed by atoms with Crippen LogP contribution in [0.1, 0.15) is 38.2 Å². The molecule has 0 bridgehead atoms. The van der Waals surface area contributed by atoms with Gasteiger partial charge in [0, 0.05) is 31.2 Å². The molecule has 1 aliphatic rings. The molecular formula is C28H31N7O4. The van der Waals surface area contributed by atoms with Gasteiger partial charge in [-0.1, -0.05) is 24.1 Å². The molecule has 5 rings (SSSR count). The molecule has 1 atom stereocenters. The highest BCUT2D eigenvalue weighted by molar-refractivity contribution is 5.80. The molecule has 0 N–H and O–H groups in total. The molecule has 0 amide bonds. The molecule has 11 nitrogen and oxygen atoms in total. The second-order valence-electron chi connectivity index (χ2n) is 9.61. The van der Waals surface area contributed by atoms with Crippen molar-refractivity contribution in [2.75, 3.05) is 24.6 Å². The molecule has 1 fully saturated rings. The van der Waals surface area contributed by atoms with E-state index >= 15 is 0 Å². The van der Waals surface area contributed by atoms with Gasteiger partial charge in [-0.3, -0.25) is 23.3 Å². The number of benzene rings is 1. The van der Waals surface area contributed by atoms with Gasteiger partial charge in [-0.05, 0) is 39.7 Å². The average Bonchev–Trinajstić information content (AvgIpc) is 3.33.